The first-order valence-electron chi connectivity index (χ1n) is 6.21. The van der Waals surface area contributed by atoms with E-state index in [9.17, 15) is 8.42 Å². The molecule has 0 spiro atoms. The predicted molar refractivity (Wildman–Crippen MR) is 72.2 cm³/mol. The summed E-state index contributed by atoms with van der Waals surface area (Å²) in [5.74, 6) is 0. The van der Waals surface area contributed by atoms with Gasteiger partial charge in [-0.25, -0.2) is 0 Å². The summed E-state index contributed by atoms with van der Waals surface area (Å²) < 4.78 is 28.3. The molecule has 0 aromatic heterocycles. The minimum atomic E-state index is -3.37. The summed E-state index contributed by atoms with van der Waals surface area (Å²) in [7, 11) is 0.107. The molecule has 0 aromatic rings. The molecule has 0 saturated carbocycles. The van der Waals surface area contributed by atoms with E-state index in [0.717, 1.165) is 25.8 Å². The molecule has 0 bridgehead atoms. The highest BCUT2D eigenvalue weighted by Gasteiger charge is 2.28. The second kappa shape index (κ2) is 7.31. The van der Waals surface area contributed by atoms with E-state index in [1.807, 2.05) is 27.8 Å². The molecule has 17 heavy (non-hydrogen) atoms. The average Bonchev–Trinajstić information content (AvgIpc) is 2.28. The average molecular weight is 265 g/mol. The Morgan fingerprint density at radius 2 is 1.76 bits per heavy atom. The molecule has 6 heteroatoms. The summed E-state index contributed by atoms with van der Waals surface area (Å²) in [6, 6.07) is 0. The highest BCUT2D eigenvalue weighted by atomic mass is 32.2. The Kier molecular flexibility index (Phi) is 7.23. The van der Waals surface area contributed by atoms with Crippen molar-refractivity contribution in [1.82, 2.24) is 14.3 Å². The van der Waals surface area contributed by atoms with Crippen molar-refractivity contribution in [3.63, 3.8) is 0 Å². The zero-order valence-electron chi connectivity index (χ0n) is 11.7. The Morgan fingerprint density at radius 1 is 1.24 bits per heavy atom. The largest absolute Gasteiger partial charge is 0.320 e. The van der Waals surface area contributed by atoms with Gasteiger partial charge in [-0.1, -0.05) is 13.8 Å². The van der Waals surface area contributed by atoms with Gasteiger partial charge in [0, 0.05) is 19.1 Å². The van der Waals surface area contributed by atoms with Gasteiger partial charge < -0.3 is 5.32 Å². The second-order valence-corrected chi connectivity index (χ2v) is 6.43. The van der Waals surface area contributed by atoms with Gasteiger partial charge in [-0.05, 0) is 39.8 Å². The maximum atomic E-state index is 12.1. The molecule has 0 saturated heterocycles. The van der Waals surface area contributed by atoms with Crippen LogP contribution in [0.25, 0.3) is 0 Å². The molecule has 0 unspecified atom stereocenters. The van der Waals surface area contributed by atoms with Crippen LogP contribution < -0.4 is 10.0 Å². The normalized spacial score (nSPS) is 13.3. The van der Waals surface area contributed by atoms with Crippen molar-refractivity contribution in [2.45, 2.75) is 45.6 Å². The lowest BCUT2D eigenvalue weighted by Crippen LogP contribution is -2.50. The van der Waals surface area contributed by atoms with Crippen molar-refractivity contribution < 1.29 is 8.42 Å². The zero-order chi connectivity index (χ0) is 13.5. The summed E-state index contributed by atoms with van der Waals surface area (Å²) in [6.07, 6.45) is 2.38. The van der Waals surface area contributed by atoms with Crippen LogP contribution in [0, 0.1) is 0 Å². The van der Waals surface area contributed by atoms with Crippen LogP contribution in [0.3, 0.4) is 0 Å². The zero-order valence-corrected chi connectivity index (χ0v) is 12.5. The van der Waals surface area contributed by atoms with Gasteiger partial charge in [-0.2, -0.15) is 17.4 Å². The van der Waals surface area contributed by atoms with E-state index >= 15 is 0 Å². The van der Waals surface area contributed by atoms with Crippen LogP contribution in [0.4, 0.5) is 0 Å². The molecule has 0 aliphatic carbocycles. The van der Waals surface area contributed by atoms with E-state index in [4.69, 9.17) is 0 Å². The van der Waals surface area contributed by atoms with Gasteiger partial charge in [-0.15, -0.1) is 0 Å². The van der Waals surface area contributed by atoms with Crippen LogP contribution >= 0.6 is 0 Å². The molecule has 0 heterocycles. The van der Waals surface area contributed by atoms with Gasteiger partial charge in [0.2, 0.25) is 0 Å². The van der Waals surface area contributed by atoms with Gasteiger partial charge in [-0.3, -0.25) is 0 Å². The molecule has 0 aliphatic heterocycles. The number of nitrogens with zero attached hydrogens (tertiary/aromatic N) is 1. The van der Waals surface area contributed by atoms with E-state index in [0.29, 0.717) is 6.54 Å². The van der Waals surface area contributed by atoms with Crippen molar-refractivity contribution in [3.8, 4) is 0 Å². The minimum absolute atomic E-state index is 0.351. The predicted octanol–water partition coefficient (Wildman–Crippen LogP) is 0.941. The molecule has 0 fully saturated rings. The fourth-order valence-electron chi connectivity index (χ4n) is 1.38. The second-order valence-electron chi connectivity index (χ2n) is 4.65. The third-order valence-corrected chi connectivity index (χ3v) is 5.00. The molecule has 0 rings (SSSR count). The summed E-state index contributed by atoms with van der Waals surface area (Å²) in [6.45, 7) is 7.27. The Labute approximate surface area is 106 Å². The Bertz CT molecular complexity index is 300. The Balaban J connectivity index is 4.46. The Morgan fingerprint density at radius 3 is 2.18 bits per heavy atom. The summed E-state index contributed by atoms with van der Waals surface area (Å²) in [5, 5.41) is 3.00. The van der Waals surface area contributed by atoms with Crippen LogP contribution in [-0.2, 0) is 10.2 Å². The smallest absolute Gasteiger partial charge is 0.279 e. The summed E-state index contributed by atoms with van der Waals surface area (Å²) in [5.41, 5.74) is -0.351. The van der Waals surface area contributed by atoms with Crippen LogP contribution in [-0.4, -0.2) is 45.4 Å². The lowest BCUT2D eigenvalue weighted by molar-refractivity contribution is 0.364. The third kappa shape index (κ3) is 5.81. The number of rotatable bonds is 9. The molecular weight excluding hydrogens is 238 g/mol. The van der Waals surface area contributed by atoms with E-state index < -0.39 is 10.2 Å². The van der Waals surface area contributed by atoms with Crippen molar-refractivity contribution in [2.24, 2.45) is 0 Å². The lowest BCUT2D eigenvalue weighted by atomic mass is 9.98. The summed E-state index contributed by atoms with van der Waals surface area (Å²) >= 11 is 0. The third-order valence-electron chi connectivity index (χ3n) is 3.25. The molecule has 104 valence electrons. The fourth-order valence-corrected chi connectivity index (χ4v) is 2.82. The maximum Gasteiger partial charge on any atom is 0.279 e. The van der Waals surface area contributed by atoms with Crippen LogP contribution in [0.1, 0.15) is 40.0 Å². The van der Waals surface area contributed by atoms with Gasteiger partial charge in [0.15, 0.2) is 0 Å². The highest BCUT2D eigenvalue weighted by Crippen LogP contribution is 2.15. The molecule has 2 N–H and O–H groups in total. The molecule has 0 atom stereocenters. The fraction of sp³-hybridized carbons (Fsp3) is 1.00. The summed E-state index contributed by atoms with van der Waals surface area (Å²) in [4.78, 5) is 0. The Hall–Kier alpha value is -0.170. The van der Waals surface area contributed by atoms with Gasteiger partial charge in [0.1, 0.15) is 0 Å². The van der Waals surface area contributed by atoms with Crippen LogP contribution in [0.2, 0.25) is 0 Å². The lowest BCUT2D eigenvalue weighted by Gasteiger charge is -2.30. The highest BCUT2D eigenvalue weighted by molar-refractivity contribution is 7.87. The molecule has 0 aromatic carbocycles. The van der Waals surface area contributed by atoms with Crippen molar-refractivity contribution >= 4 is 10.2 Å². The minimum Gasteiger partial charge on any atom is -0.320 e. The first kappa shape index (κ1) is 16.8. The van der Waals surface area contributed by atoms with Gasteiger partial charge in [0.25, 0.3) is 10.2 Å². The van der Waals surface area contributed by atoms with E-state index in [-0.39, 0.29) is 5.54 Å². The van der Waals surface area contributed by atoms with Crippen LogP contribution in [0.15, 0.2) is 0 Å². The number of hydrogen-bond donors (Lipinski definition) is 2. The molecule has 0 radical (unpaired) electrons. The monoisotopic (exact) mass is 265 g/mol. The SMILES string of the molecule is CCC(C)(CC)NS(=O)(=O)N(C)CCCNC. The topological polar surface area (TPSA) is 61.4 Å². The van der Waals surface area contributed by atoms with E-state index in [2.05, 4.69) is 10.0 Å². The first-order chi connectivity index (χ1) is 7.81. The maximum absolute atomic E-state index is 12.1. The van der Waals surface area contributed by atoms with Crippen molar-refractivity contribution in [1.29, 1.82) is 0 Å². The quantitative estimate of drug-likeness (QED) is 0.610. The van der Waals surface area contributed by atoms with Gasteiger partial charge in [0.05, 0.1) is 0 Å². The van der Waals surface area contributed by atoms with E-state index in [1.165, 1.54) is 4.31 Å². The van der Waals surface area contributed by atoms with Crippen molar-refractivity contribution in [3.05, 3.63) is 0 Å². The molecular formula is C11H27N3O2S. The van der Waals surface area contributed by atoms with Gasteiger partial charge >= 0.3 is 0 Å². The molecule has 5 nitrogen and oxygen atoms in total. The number of nitrogens with one attached hydrogen (secondary N) is 2. The first-order valence-corrected chi connectivity index (χ1v) is 7.65. The number of hydrogen-bond acceptors (Lipinski definition) is 3. The van der Waals surface area contributed by atoms with E-state index in [1.54, 1.807) is 7.05 Å². The van der Waals surface area contributed by atoms with Crippen LogP contribution in [0.5, 0.6) is 0 Å². The molecule has 0 aliphatic rings. The standard InChI is InChI=1S/C11H27N3O2S/c1-6-11(3,7-2)13-17(15,16)14(5)10-8-9-12-4/h12-13H,6-10H2,1-5H3. The van der Waals surface area contributed by atoms with Crippen molar-refractivity contribution in [2.75, 3.05) is 27.2 Å². The molecule has 0 amide bonds.